The Labute approximate surface area is 217 Å². The highest BCUT2D eigenvalue weighted by Crippen LogP contribution is 2.51. The molecule has 7 heteroatoms. The number of hydrogen-bond donors (Lipinski definition) is 1. The number of benzene rings is 3. The van der Waals surface area contributed by atoms with Crippen LogP contribution in [0, 0.1) is 6.92 Å². The van der Waals surface area contributed by atoms with Crippen LogP contribution in [0.15, 0.2) is 60.7 Å². The zero-order valence-electron chi connectivity index (χ0n) is 21.3. The summed E-state index contributed by atoms with van der Waals surface area (Å²) in [6.07, 6.45) is 1.59. The predicted octanol–water partition coefficient (Wildman–Crippen LogP) is 5.52. The van der Waals surface area contributed by atoms with Crippen LogP contribution in [-0.2, 0) is 14.9 Å². The predicted molar refractivity (Wildman–Crippen MR) is 142 cm³/mol. The van der Waals surface area contributed by atoms with Gasteiger partial charge in [-0.25, -0.2) is 0 Å². The van der Waals surface area contributed by atoms with Gasteiger partial charge in [-0.1, -0.05) is 24.3 Å². The third-order valence-corrected chi connectivity index (χ3v) is 7.70. The summed E-state index contributed by atoms with van der Waals surface area (Å²) in [4.78, 5) is 28.2. The molecule has 0 unspecified atom stereocenters. The van der Waals surface area contributed by atoms with Gasteiger partial charge in [-0.3, -0.25) is 9.59 Å². The Balaban J connectivity index is 0.00000294. The first-order valence-electron chi connectivity index (χ1n) is 12.6. The second-order valence-electron chi connectivity index (χ2n) is 10.7. The summed E-state index contributed by atoms with van der Waals surface area (Å²) in [5.41, 5.74) is 4.54. The van der Waals surface area contributed by atoms with E-state index < -0.39 is 5.41 Å². The van der Waals surface area contributed by atoms with Gasteiger partial charge in [-0.05, 0) is 92.3 Å². The van der Waals surface area contributed by atoms with Gasteiger partial charge in [-0.2, -0.15) is 0 Å². The number of rotatable bonds is 5. The molecule has 3 aliphatic rings. The lowest BCUT2D eigenvalue weighted by Crippen LogP contribution is -2.44. The third kappa shape index (κ3) is 4.13. The Kier molecular flexibility index (Phi) is 5.49. The number of anilines is 1. The van der Waals surface area contributed by atoms with Gasteiger partial charge in [0.05, 0.1) is 17.6 Å². The number of ether oxygens (including phenoxy) is 3. The molecule has 3 aromatic carbocycles. The van der Waals surface area contributed by atoms with Crippen LogP contribution in [0.2, 0.25) is 0 Å². The average molecular weight is 501 g/mol. The smallest absolute Gasteiger partial charge is 0.256 e. The minimum absolute atomic E-state index is 0. The highest BCUT2D eigenvalue weighted by atomic mass is 16.7. The summed E-state index contributed by atoms with van der Waals surface area (Å²) < 4.78 is 16.4. The lowest BCUT2D eigenvalue weighted by Gasteiger charge is -2.29. The van der Waals surface area contributed by atoms with E-state index in [1.807, 2.05) is 81.4 Å². The van der Waals surface area contributed by atoms with Crippen LogP contribution in [0.5, 0.6) is 11.5 Å². The lowest BCUT2D eigenvalue weighted by atomic mass is 9.94. The van der Waals surface area contributed by atoms with Crippen LogP contribution in [0.3, 0.4) is 0 Å². The molecule has 2 fully saturated rings. The molecule has 192 valence electrons. The molecule has 0 aromatic heterocycles. The monoisotopic (exact) mass is 500 g/mol. The molecule has 0 bridgehead atoms. The first-order valence-corrected chi connectivity index (χ1v) is 12.6. The Hall–Kier alpha value is -3.84. The van der Waals surface area contributed by atoms with E-state index in [1.54, 1.807) is 4.90 Å². The van der Waals surface area contributed by atoms with Gasteiger partial charge < -0.3 is 24.4 Å². The summed E-state index contributed by atoms with van der Waals surface area (Å²) in [5.74, 6) is 1.35. The topological polar surface area (TPSA) is 77.1 Å². The summed E-state index contributed by atoms with van der Waals surface area (Å²) in [6.45, 7) is 7.11. The van der Waals surface area contributed by atoms with Gasteiger partial charge in [0.25, 0.3) is 5.91 Å². The Morgan fingerprint density at radius 1 is 0.946 bits per heavy atom. The molecule has 2 heterocycles. The van der Waals surface area contributed by atoms with E-state index in [-0.39, 0.29) is 25.6 Å². The standard InChI is InChI=1S/C30H30N2O5.H2/c1-19-4-10-23(31-28(34)30(12-13-30)22-9-11-25-26(14-22)37-18-36-25)15-24(19)20-5-7-21(8-6-20)27(33)32-17-35-16-29(32,2)3;/h4-11,14-15H,12-13,16-18H2,1-3H3,(H,31,34);1H. The maximum atomic E-state index is 13.4. The fourth-order valence-electron chi connectivity index (χ4n) is 5.15. The van der Waals surface area contributed by atoms with Crippen molar-refractivity contribution in [1.29, 1.82) is 0 Å². The first kappa shape index (κ1) is 23.6. The van der Waals surface area contributed by atoms with E-state index in [2.05, 4.69) is 5.32 Å². The zero-order chi connectivity index (χ0) is 25.8. The maximum absolute atomic E-state index is 13.4. The first-order chi connectivity index (χ1) is 17.8. The highest BCUT2D eigenvalue weighted by molar-refractivity contribution is 6.02. The maximum Gasteiger partial charge on any atom is 0.256 e. The molecule has 6 rings (SSSR count). The SMILES string of the molecule is Cc1ccc(NC(=O)C2(c3ccc4c(c3)OCO4)CC2)cc1-c1ccc(C(=O)N2COCC2(C)C)cc1.[HH]. The van der Waals surface area contributed by atoms with Gasteiger partial charge in [0.1, 0.15) is 6.73 Å². The van der Waals surface area contributed by atoms with Gasteiger partial charge in [0.2, 0.25) is 12.7 Å². The second kappa shape index (κ2) is 8.63. The minimum Gasteiger partial charge on any atom is -0.454 e. The van der Waals surface area contributed by atoms with Crippen LogP contribution in [0.25, 0.3) is 11.1 Å². The van der Waals surface area contributed by atoms with Gasteiger partial charge in [0.15, 0.2) is 11.5 Å². The van der Waals surface area contributed by atoms with Crippen LogP contribution in [0.1, 0.15) is 49.6 Å². The molecule has 1 saturated carbocycles. The molecule has 0 radical (unpaired) electrons. The zero-order valence-corrected chi connectivity index (χ0v) is 21.3. The molecule has 1 saturated heterocycles. The largest absolute Gasteiger partial charge is 0.454 e. The second-order valence-corrected chi connectivity index (χ2v) is 10.7. The van der Waals surface area contributed by atoms with Gasteiger partial charge >= 0.3 is 0 Å². The fraction of sp³-hybridized carbons (Fsp3) is 0.333. The van der Waals surface area contributed by atoms with Crippen molar-refractivity contribution in [3.63, 3.8) is 0 Å². The van der Waals surface area contributed by atoms with E-state index in [0.29, 0.717) is 30.4 Å². The van der Waals surface area contributed by atoms with Crippen molar-refractivity contribution >= 4 is 17.5 Å². The number of fused-ring (bicyclic) bond motifs is 1. The van der Waals surface area contributed by atoms with Crippen molar-refractivity contribution in [2.45, 2.75) is 44.6 Å². The molecule has 37 heavy (non-hydrogen) atoms. The molecule has 7 nitrogen and oxygen atoms in total. The Bertz CT molecular complexity index is 1400. The normalized spacial score (nSPS) is 18.5. The number of nitrogens with zero attached hydrogens (tertiary/aromatic N) is 1. The molecule has 2 aliphatic heterocycles. The van der Waals surface area contributed by atoms with E-state index in [4.69, 9.17) is 14.2 Å². The van der Waals surface area contributed by atoms with Gasteiger partial charge in [0, 0.05) is 12.7 Å². The van der Waals surface area contributed by atoms with E-state index in [0.717, 1.165) is 40.8 Å². The summed E-state index contributed by atoms with van der Waals surface area (Å²) in [7, 11) is 0. The van der Waals surface area contributed by atoms with Crippen molar-refractivity contribution in [3.8, 4) is 22.6 Å². The quantitative estimate of drug-likeness (QED) is 0.500. The van der Waals surface area contributed by atoms with Crippen LogP contribution in [-0.4, -0.2) is 42.4 Å². The van der Waals surface area contributed by atoms with Crippen molar-refractivity contribution < 1.29 is 25.2 Å². The number of aryl methyl sites for hydroxylation is 1. The fourth-order valence-corrected chi connectivity index (χ4v) is 5.15. The number of nitrogens with one attached hydrogen (secondary N) is 1. The van der Waals surface area contributed by atoms with Crippen molar-refractivity contribution in [2.75, 3.05) is 25.4 Å². The molecule has 0 spiro atoms. The van der Waals surface area contributed by atoms with Crippen LogP contribution >= 0.6 is 0 Å². The molecule has 3 aromatic rings. The molecule has 1 aliphatic carbocycles. The summed E-state index contributed by atoms with van der Waals surface area (Å²) in [6, 6.07) is 19.3. The van der Waals surface area contributed by atoms with Crippen LogP contribution in [0.4, 0.5) is 5.69 Å². The molecule has 0 atom stereocenters. The average Bonchev–Trinajstić information content (AvgIpc) is 3.44. The van der Waals surface area contributed by atoms with Crippen LogP contribution < -0.4 is 14.8 Å². The molecular formula is C30H32N2O5. The molecular weight excluding hydrogens is 468 g/mol. The van der Waals surface area contributed by atoms with E-state index in [9.17, 15) is 9.59 Å². The summed E-state index contributed by atoms with van der Waals surface area (Å²) in [5, 5.41) is 3.14. The minimum atomic E-state index is -0.541. The lowest BCUT2D eigenvalue weighted by molar-refractivity contribution is -0.118. The summed E-state index contributed by atoms with van der Waals surface area (Å²) >= 11 is 0. The Morgan fingerprint density at radius 2 is 1.70 bits per heavy atom. The number of amides is 2. The van der Waals surface area contributed by atoms with Crippen molar-refractivity contribution in [2.24, 2.45) is 0 Å². The van der Waals surface area contributed by atoms with Gasteiger partial charge in [-0.15, -0.1) is 0 Å². The Morgan fingerprint density at radius 3 is 2.41 bits per heavy atom. The van der Waals surface area contributed by atoms with Crippen molar-refractivity contribution in [1.82, 2.24) is 4.90 Å². The van der Waals surface area contributed by atoms with Crippen molar-refractivity contribution in [3.05, 3.63) is 77.4 Å². The van der Waals surface area contributed by atoms with E-state index >= 15 is 0 Å². The third-order valence-electron chi connectivity index (χ3n) is 7.70. The number of carbonyl (C=O) groups is 2. The number of carbonyl (C=O) groups excluding carboxylic acids is 2. The van der Waals surface area contributed by atoms with E-state index in [1.165, 1.54) is 0 Å². The molecule has 1 N–H and O–H groups in total. The number of hydrogen-bond acceptors (Lipinski definition) is 5. The highest BCUT2D eigenvalue weighted by Gasteiger charge is 2.51. The molecule has 2 amide bonds.